The van der Waals surface area contributed by atoms with Crippen LogP contribution in [-0.4, -0.2) is 14.2 Å². The van der Waals surface area contributed by atoms with Crippen molar-refractivity contribution in [1.82, 2.24) is 0 Å². The topological polar surface area (TPSA) is 43.4 Å². The highest BCUT2D eigenvalue weighted by atomic mass is 32.2. The van der Waals surface area contributed by atoms with Gasteiger partial charge in [-0.1, -0.05) is 31.2 Å². The average molecular weight is 261 g/mol. The van der Waals surface area contributed by atoms with E-state index in [0.717, 1.165) is 0 Å². The van der Waals surface area contributed by atoms with E-state index in [2.05, 4.69) is 6.07 Å². The zero-order valence-electron chi connectivity index (χ0n) is 9.96. The van der Waals surface area contributed by atoms with Crippen LogP contribution in [0.3, 0.4) is 0 Å². The molecule has 93 valence electrons. The molecule has 0 aliphatic heterocycles. The van der Waals surface area contributed by atoms with Gasteiger partial charge in [0.15, 0.2) is 9.84 Å². The third-order valence-electron chi connectivity index (χ3n) is 2.47. The molecule has 18 heavy (non-hydrogen) atoms. The van der Waals surface area contributed by atoms with Crippen LogP contribution < -0.4 is 4.74 Å². The number of benzene rings is 2. The Morgan fingerprint density at radius 2 is 1.89 bits per heavy atom. The van der Waals surface area contributed by atoms with Crippen molar-refractivity contribution in [2.24, 2.45) is 0 Å². The average Bonchev–Trinajstić information content (AvgIpc) is 2.40. The first-order valence-corrected chi connectivity index (χ1v) is 7.24. The monoisotopic (exact) mass is 261 g/mol. The fraction of sp³-hybridized carbons (Fsp3) is 0.143. The standard InChI is InChI=1S/C14H13O3S/c1-2-18(15,16)14-11-7-6-10-13(14)17-12-8-4-3-5-9-12/h3-5,7-11H,2H2,1H3. The molecule has 0 fully saturated rings. The summed E-state index contributed by atoms with van der Waals surface area (Å²) in [6.07, 6.45) is 0. The van der Waals surface area contributed by atoms with Gasteiger partial charge in [-0.3, -0.25) is 0 Å². The molecule has 0 atom stereocenters. The highest BCUT2D eigenvalue weighted by Gasteiger charge is 2.17. The number of hydrogen-bond acceptors (Lipinski definition) is 3. The van der Waals surface area contributed by atoms with Gasteiger partial charge in [-0.2, -0.15) is 0 Å². The summed E-state index contributed by atoms with van der Waals surface area (Å²) in [7, 11) is -3.29. The summed E-state index contributed by atoms with van der Waals surface area (Å²) in [4.78, 5) is 0.201. The summed E-state index contributed by atoms with van der Waals surface area (Å²) in [6.45, 7) is 1.61. The van der Waals surface area contributed by atoms with Crippen molar-refractivity contribution in [3.05, 3.63) is 54.6 Å². The summed E-state index contributed by atoms with van der Waals surface area (Å²) < 4.78 is 29.4. The lowest BCUT2D eigenvalue weighted by Gasteiger charge is -2.10. The summed E-state index contributed by atoms with van der Waals surface area (Å²) >= 11 is 0. The van der Waals surface area contributed by atoms with E-state index < -0.39 is 9.84 Å². The number of hydrogen-bond donors (Lipinski definition) is 0. The summed E-state index contributed by atoms with van der Waals surface area (Å²) in [5.74, 6) is 0.956. The molecule has 0 unspecified atom stereocenters. The lowest BCUT2D eigenvalue weighted by Crippen LogP contribution is -2.05. The van der Waals surface area contributed by atoms with Gasteiger partial charge in [0.25, 0.3) is 0 Å². The number of sulfone groups is 1. The molecule has 0 N–H and O–H groups in total. The van der Waals surface area contributed by atoms with Crippen LogP contribution in [0.25, 0.3) is 0 Å². The highest BCUT2D eigenvalue weighted by Crippen LogP contribution is 2.28. The lowest BCUT2D eigenvalue weighted by atomic mass is 10.3. The van der Waals surface area contributed by atoms with E-state index in [9.17, 15) is 8.42 Å². The number of ether oxygens (including phenoxy) is 1. The maximum atomic E-state index is 11.9. The lowest BCUT2D eigenvalue weighted by molar-refractivity contribution is 0.467. The Morgan fingerprint density at radius 1 is 1.17 bits per heavy atom. The summed E-state index contributed by atoms with van der Waals surface area (Å²) in [5.41, 5.74) is 0. The maximum Gasteiger partial charge on any atom is 0.181 e. The first kappa shape index (κ1) is 12.6. The molecule has 0 aromatic heterocycles. The molecule has 0 saturated carbocycles. The smallest absolute Gasteiger partial charge is 0.181 e. The van der Waals surface area contributed by atoms with Crippen LogP contribution in [0.15, 0.2) is 53.4 Å². The van der Waals surface area contributed by atoms with Crippen LogP contribution in [0.1, 0.15) is 6.92 Å². The van der Waals surface area contributed by atoms with Crippen LogP contribution in [0, 0.1) is 6.07 Å². The zero-order chi connectivity index (χ0) is 13.0. The van der Waals surface area contributed by atoms with Gasteiger partial charge >= 0.3 is 0 Å². The van der Waals surface area contributed by atoms with E-state index in [4.69, 9.17) is 4.74 Å². The Morgan fingerprint density at radius 3 is 2.56 bits per heavy atom. The molecule has 0 spiro atoms. The quantitative estimate of drug-likeness (QED) is 0.849. The molecule has 2 aromatic carbocycles. The van der Waals surface area contributed by atoms with Crippen molar-refractivity contribution >= 4 is 9.84 Å². The molecule has 0 heterocycles. The Hall–Kier alpha value is -1.81. The van der Waals surface area contributed by atoms with E-state index >= 15 is 0 Å². The molecular weight excluding hydrogens is 248 g/mol. The third-order valence-corrected chi connectivity index (χ3v) is 4.24. The SMILES string of the molecule is CCS(=O)(=O)c1cc[c]cc1Oc1ccccc1. The predicted molar refractivity (Wildman–Crippen MR) is 69.5 cm³/mol. The van der Waals surface area contributed by atoms with Crippen molar-refractivity contribution in [3.8, 4) is 11.5 Å². The minimum atomic E-state index is -3.29. The Bertz CT molecular complexity index is 618. The summed E-state index contributed by atoms with van der Waals surface area (Å²) in [5, 5.41) is 0. The normalized spacial score (nSPS) is 11.2. The molecule has 0 amide bonds. The van der Waals surface area contributed by atoms with Crippen molar-refractivity contribution in [1.29, 1.82) is 0 Å². The summed E-state index contributed by atoms with van der Waals surface area (Å²) in [6, 6.07) is 16.5. The van der Waals surface area contributed by atoms with E-state index in [-0.39, 0.29) is 10.6 Å². The highest BCUT2D eigenvalue weighted by molar-refractivity contribution is 7.91. The zero-order valence-corrected chi connectivity index (χ0v) is 10.8. The van der Waals surface area contributed by atoms with Gasteiger partial charge < -0.3 is 4.74 Å². The first-order valence-electron chi connectivity index (χ1n) is 5.59. The molecule has 3 nitrogen and oxygen atoms in total. The minimum absolute atomic E-state index is 0.0438. The Balaban J connectivity index is 2.41. The van der Waals surface area contributed by atoms with Gasteiger partial charge in [-0.25, -0.2) is 8.42 Å². The Labute approximate surface area is 107 Å². The second-order valence-corrected chi connectivity index (χ2v) is 5.94. The van der Waals surface area contributed by atoms with Crippen molar-refractivity contribution in [3.63, 3.8) is 0 Å². The van der Waals surface area contributed by atoms with Crippen LogP contribution in [0.4, 0.5) is 0 Å². The predicted octanol–water partition coefficient (Wildman–Crippen LogP) is 3.07. The minimum Gasteiger partial charge on any atom is -0.456 e. The number of rotatable bonds is 4. The first-order chi connectivity index (χ1) is 8.63. The fourth-order valence-electron chi connectivity index (χ4n) is 1.51. The molecule has 4 heteroatoms. The van der Waals surface area contributed by atoms with Gasteiger partial charge in [0.05, 0.1) is 5.75 Å². The molecule has 0 bridgehead atoms. The van der Waals surface area contributed by atoms with Crippen LogP contribution in [0.5, 0.6) is 11.5 Å². The molecule has 2 rings (SSSR count). The molecule has 0 aliphatic rings. The second-order valence-electron chi connectivity index (χ2n) is 3.69. The van der Waals surface area contributed by atoms with Crippen LogP contribution >= 0.6 is 0 Å². The Kier molecular flexibility index (Phi) is 3.67. The van der Waals surface area contributed by atoms with Gasteiger partial charge in [0, 0.05) is 0 Å². The van der Waals surface area contributed by atoms with E-state index in [1.807, 2.05) is 18.2 Å². The van der Waals surface area contributed by atoms with E-state index in [1.54, 1.807) is 25.1 Å². The molecule has 2 aromatic rings. The largest absolute Gasteiger partial charge is 0.456 e. The second kappa shape index (κ2) is 5.23. The van der Waals surface area contributed by atoms with E-state index in [0.29, 0.717) is 11.5 Å². The molecule has 0 aliphatic carbocycles. The number of para-hydroxylation sites is 1. The maximum absolute atomic E-state index is 11.9. The van der Waals surface area contributed by atoms with Crippen molar-refractivity contribution in [2.45, 2.75) is 11.8 Å². The van der Waals surface area contributed by atoms with Gasteiger partial charge in [-0.15, -0.1) is 0 Å². The third kappa shape index (κ3) is 2.71. The van der Waals surface area contributed by atoms with Gasteiger partial charge in [0.2, 0.25) is 0 Å². The van der Waals surface area contributed by atoms with Gasteiger partial charge in [0.1, 0.15) is 16.4 Å². The van der Waals surface area contributed by atoms with Gasteiger partial charge in [-0.05, 0) is 30.3 Å². The fourth-order valence-corrected chi connectivity index (χ4v) is 2.50. The van der Waals surface area contributed by atoms with E-state index in [1.165, 1.54) is 12.1 Å². The van der Waals surface area contributed by atoms with Crippen LogP contribution in [0.2, 0.25) is 0 Å². The molecule has 0 saturated heterocycles. The molecular formula is C14H13O3S. The molecule has 1 radical (unpaired) electrons. The van der Waals surface area contributed by atoms with Crippen molar-refractivity contribution < 1.29 is 13.2 Å². The van der Waals surface area contributed by atoms with Crippen molar-refractivity contribution in [2.75, 3.05) is 5.75 Å². The van der Waals surface area contributed by atoms with Crippen LogP contribution in [-0.2, 0) is 9.84 Å².